The lowest BCUT2D eigenvalue weighted by Gasteiger charge is -2.19. The number of thioether (sulfide) groups is 1. The Bertz CT molecular complexity index is 781. The molecule has 0 unspecified atom stereocenters. The number of phenols is 1. The van der Waals surface area contributed by atoms with Crippen LogP contribution in [0.25, 0.3) is 0 Å². The fourth-order valence-corrected chi connectivity index (χ4v) is 3.87. The van der Waals surface area contributed by atoms with Gasteiger partial charge in [0.25, 0.3) is 0 Å². The van der Waals surface area contributed by atoms with E-state index in [9.17, 15) is 14.7 Å². The van der Waals surface area contributed by atoms with Crippen molar-refractivity contribution in [3.05, 3.63) is 58.7 Å². The molecular formula is C19H18O4S. The first-order valence-electron chi connectivity index (χ1n) is 7.78. The minimum absolute atomic E-state index is 0.157. The van der Waals surface area contributed by atoms with E-state index in [1.54, 1.807) is 36.0 Å². The number of carbonyl (C=O) groups excluding carboxylic acids is 2. The topological polar surface area (TPSA) is 63.6 Å². The number of fused-ring (bicyclic) bond motifs is 1. The average Bonchev–Trinajstić information content (AvgIpc) is 2.61. The molecule has 0 heterocycles. The number of phenolic OH excluding ortho intramolecular Hbond substituents is 1. The molecule has 0 aliphatic heterocycles. The van der Waals surface area contributed by atoms with Crippen molar-refractivity contribution in [3.63, 3.8) is 0 Å². The van der Waals surface area contributed by atoms with Crippen LogP contribution < -0.4 is 0 Å². The molecule has 3 rings (SSSR count). The number of ether oxygens (including phenoxy) is 1. The minimum atomic E-state index is -0.361. The third-order valence-corrected chi connectivity index (χ3v) is 5.23. The van der Waals surface area contributed by atoms with Gasteiger partial charge in [-0.15, -0.1) is 11.8 Å². The van der Waals surface area contributed by atoms with Crippen LogP contribution in [0, 0.1) is 0 Å². The summed E-state index contributed by atoms with van der Waals surface area (Å²) in [6, 6.07) is 10.5. The Morgan fingerprint density at radius 3 is 2.62 bits per heavy atom. The van der Waals surface area contributed by atoms with E-state index in [0.717, 1.165) is 34.4 Å². The van der Waals surface area contributed by atoms with E-state index < -0.39 is 0 Å². The van der Waals surface area contributed by atoms with Gasteiger partial charge in [-0.2, -0.15) is 0 Å². The number of carbonyl (C=O) groups is 2. The second kappa shape index (κ2) is 7.09. The second-order valence-corrected chi connectivity index (χ2v) is 6.72. The zero-order valence-electron chi connectivity index (χ0n) is 13.4. The Kier molecular flexibility index (Phi) is 4.90. The summed E-state index contributed by atoms with van der Waals surface area (Å²) in [5.74, 6) is 0.617. The van der Waals surface area contributed by atoms with Gasteiger partial charge >= 0.3 is 5.97 Å². The van der Waals surface area contributed by atoms with Crippen LogP contribution in [-0.2, 0) is 16.9 Å². The monoisotopic (exact) mass is 342 g/mol. The zero-order chi connectivity index (χ0) is 17.1. The molecule has 0 aromatic heterocycles. The van der Waals surface area contributed by atoms with Gasteiger partial charge in [-0.3, -0.25) is 4.79 Å². The van der Waals surface area contributed by atoms with Crippen LogP contribution in [0.1, 0.15) is 44.7 Å². The first-order valence-corrected chi connectivity index (χ1v) is 8.77. The van der Waals surface area contributed by atoms with Crippen LogP contribution in [0.3, 0.4) is 0 Å². The Labute approximate surface area is 144 Å². The molecule has 24 heavy (non-hydrogen) atoms. The number of esters is 1. The van der Waals surface area contributed by atoms with Crippen molar-refractivity contribution < 1.29 is 19.4 Å². The van der Waals surface area contributed by atoms with E-state index in [0.29, 0.717) is 17.7 Å². The zero-order valence-corrected chi connectivity index (χ0v) is 14.2. The molecule has 0 radical (unpaired) electrons. The fraction of sp³-hybridized carbons (Fsp3) is 0.263. The summed E-state index contributed by atoms with van der Waals surface area (Å²) in [7, 11) is 1.35. The summed E-state index contributed by atoms with van der Waals surface area (Å²) in [4.78, 5) is 24.5. The van der Waals surface area contributed by atoms with Gasteiger partial charge in [0.15, 0.2) is 5.78 Å². The van der Waals surface area contributed by atoms with Crippen molar-refractivity contribution >= 4 is 23.5 Å². The molecule has 0 saturated carbocycles. The molecule has 124 valence electrons. The fourth-order valence-electron chi connectivity index (χ4n) is 2.91. The van der Waals surface area contributed by atoms with Crippen molar-refractivity contribution in [1.29, 1.82) is 0 Å². The minimum Gasteiger partial charge on any atom is -0.508 e. The number of hydrogen-bond acceptors (Lipinski definition) is 5. The highest BCUT2D eigenvalue weighted by molar-refractivity contribution is 7.98. The van der Waals surface area contributed by atoms with Crippen molar-refractivity contribution in [2.45, 2.75) is 29.9 Å². The predicted octanol–water partition coefficient (Wildman–Crippen LogP) is 3.99. The van der Waals surface area contributed by atoms with Gasteiger partial charge in [-0.25, -0.2) is 4.79 Å². The molecule has 0 atom stereocenters. The van der Waals surface area contributed by atoms with Gasteiger partial charge in [0, 0.05) is 28.2 Å². The maximum atomic E-state index is 12.0. The van der Waals surface area contributed by atoms with E-state index in [4.69, 9.17) is 0 Å². The molecule has 1 aliphatic rings. The first kappa shape index (κ1) is 16.6. The smallest absolute Gasteiger partial charge is 0.337 e. The van der Waals surface area contributed by atoms with Gasteiger partial charge in [0.2, 0.25) is 0 Å². The molecule has 0 saturated heterocycles. The van der Waals surface area contributed by atoms with E-state index >= 15 is 0 Å². The van der Waals surface area contributed by atoms with E-state index in [-0.39, 0.29) is 17.5 Å². The summed E-state index contributed by atoms with van der Waals surface area (Å²) in [6.07, 6.45) is 2.24. The SMILES string of the molecule is COC(=O)c1ccc(SCc2c(O)ccc3c2CCCC3=O)cc1. The van der Waals surface area contributed by atoms with E-state index in [2.05, 4.69) is 4.74 Å². The number of hydrogen-bond donors (Lipinski definition) is 1. The third kappa shape index (κ3) is 3.31. The number of aromatic hydroxyl groups is 1. The largest absolute Gasteiger partial charge is 0.508 e. The highest BCUT2D eigenvalue weighted by Gasteiger charge is 2.21. The lowest BCUT2D eigenvalue weighted by Crippen LogP contribution is -2.12. The molecule has 1 aliphatic carbocycles. The molecule has 2 aromatic rings. The molecule has 0 spiro atoms. The molecular weight excluding hydrogens is 324 g/mol. The summed E-state index contributed by atoms with van der Waals surface area (Å²) < 4.78 is 4.68. The number of methoxy groups -OCH3 is 1. The van der Waals surface area contributed by atoms with E-state index in [1.165, 1.54) is 7.11 Å². The standard InChI is InChI=1S/C19H18O4S/c1-23-19(22)12-5-7-13(8-6-12)24-11-16-14-3-2-4-17(20)15(14)9-10-18(16)21/h5-10,21H,2-4,11H2,1H3. The molecule has 2 aromatic carbocycles. The highest BCUT2D eigenvalue weighted by Crippen LogP contribution is 2.35. The molecule has 0 amide bonds. The number of benzene rings is 2. The molecule has 4 nitrogen and oxygen atoms in total. The highest BCUT2D eigenvalue weighted by atomic mass is 32.2. The number of ketones is 1. The van der Waals surface area contributed by atoms with Crippen LogP contribution in [-0.4, -0.2) is 24.0 Å². The molecule has 5 heteroatoms. The Morgan fingerprint density at radius 2 is 1.92 bits per heavy atom. The quantitative estimate of drug-likeness (QED) is 0.672. The summed E-state index contributed by atoms with van der Waals surface area (Å²) in [6.45, 7) is 0. The van der Waals surface area contributed by atoms with Crippen molar-refractivity contribution in [3.8, 4) is 5.75 Å². The van der Waals surface area contributed by atoms with Crippen LogP contribution in [0.4, 0.5) is 0 Å². The van der Waals surface area contributed by atoms with Gasteiger partial charge in [0.05, 0.1) is 12.7 Å². The van der Waals surface area contributed by atoms with Crippen molar-refractivity contribution in [2.24, 2.45) is 0 Å². The Balaban J connectivity index is 1.78. The van der Waals surface area contributed by atoms with Gasteiger partial charge in [-0.05, 0) is 54.8 Å². The molecule has 0 fully saturated rings. The number of Topliss-reactive ketones (excluding diaryl/α,β-unsaturated/α-hetero) is 1. The van der Waals surface area contributed by atoms with Gasteiger partial charge in [-0.1, -0.05) is 0 Å². The van der Waals surface area contributed by atoms with E-state index in [1.807, 2.05) is 12.1 Å². The average molecular weight is 342 g/mol. The summed E-state index contributed by atoms with van der Waals surface area (Å²) in [5.41, 5.74) is 3.07. The maximum Gasteiger partial charge on any atom is 0.337 e. The van der Waals surface area contributed by atoms with Gasteiger partial charge < -0.3 is 9.84 Å². The molecule has 1 N–H and O–H groups in total. The Morgan fingerprint density at radius 1 is 1.17 bits per heavy atom. The van der Waals surface area contributed by atoms with Crippen molar-refractivity contribution in [1.82, 2.24) is 0 Å². The van der Waals surface area contributed by atoms with Crippen LogP contribution in [0.5, 0.6) is 5.75 Å². The van der Waals surface area contributed by atoms with Gasteiger partial charge in [0.1, 0.15) is 5.75 Å². The normalized spacial score (nSPS) is 13.5. The first-order chi connectivity index (χ1) is 11.6. The Hall–Kier alpha value is -2.27. The lowest BCUT2D eigenvalue weighted by molar-refractivity contribution is 0.0600. The van der Waals surface area contributed by atoms with Crippen LogP contribution >= 0.6 is 11.8 Å². The number of rotatable bonds is 4. The van der Waals surface area contributed by atoms with Crippen LogP contribution in [0.15, 0.2) is 41.3 Å². The predicted molar refractivity (Wildman–Crippen MR) is 92.7 cm³/mol. The summed E-state index contributed by atoms with van der Waals surface area (Å²) >= 11 is 1.57. The second-order valence-electron chi connectivity index (χ2n) is 5.67. The maximum absolute atomic E-state index is 12.0. The van der Waals surface area contributed by atoms with Crippen LogP contribution in [0.2, 0.25) is 0 Å². The third-order valence-electron chi connectivity index (χ3n) is 4.20. The molecule has 0 bridgehead atoms. The summed E-state index contributed by atoms with van der Waals surface area (Å²) in [5, 5.41) is 10.2. The lowest BCUT2D eigenvalue weighted by atomic mass is 9.87. The van der Waals surface area contributed by atoms with Crippen molar-refractivity contribution in [2.75, 3.05) is 7.11 Å².